The maximum absolute atomic E-state index is 11.1. The maximum atomic E-state index is 11.1. The summed E-state index contributed by atoms with van der Waals surface area (Å²) in [7, 11) is 0. The molecule has 0 aliphatic carbocycles. The molecule has 0 saturated carbocycles. The third kappa shape index (κ3) is 1.20. The molecule has 2 rings (SSSR count). The van der Waals surface area contributed by atoms with Crippen LogP contribution in [0.2, 0.25) is 0 Å². The Hall–Kier alpha value is -2.04. The molecule has 0 aliphatic rings. The molecule has 0 unspecified atom stereocenters. The van der Waals surface area contributed by atoms with Gasteiger partial charge in [0.25, 0.3) is 5.56 Å². The molecular formula is C8H7N3O2. The van der Waals surface area contributed by atoms with Crippen LogP contribution in [0.1, 0.15) is 0 Å². The van der Waals surface area contributed by atoms with Crippen molar-refractivity contribution in [2.24, 2.45) is 0 Å². The predicted molar refractivity (Wildman–Crippen MR) is 48.6 cm³/mol. The zero-order valence-corrected chi connectivity index (χ0v) is 6.63. The van der Waals surface area contributed by atoms with Crippen molar-refractivity contribution >= 4 is 23.0 Å². The highest BCUT2D eigenvalue weighted by Crippen LogP contribution is 2.12. The summed E-state index contributed by atoms with van der Waals surface area (Å²) in [6, 6.07) is 5.04. The fraction of sp³-hybridized carbons (Fsp3) is 0. The highest BCUT2D eigenvalue weighted by molar-refractivity contribution is 5.84. The minimum atomic E-state index is -0.190. The Morgan fingerprint density at radius 1 is 1.31 bits per heavy atom. The summed E-state index contributed by atoms with van der Waals surface area (Å²) in [4.78, 5) is 21.3. The van der Waals surface area contributed by atoms with Gasteiger partial charge in [0.1, 0.15) is 0 Å². The fourth-order valence-electron chi connectivity index (χ4n) is 1.19. The SMILES string of the molecule is O=CNc1ccc2[nH][nH]c(=O)c2c1. The third-order valence-corrected chi connectivity index (χ3v) is 1.80. The molecule has 1 heterocycles. The van der Waals surface area contributed by atoms with Gasteiger partial charge in [-0.1, -0.05) is 0 Å². The van der Waals surface area contributed by atoms with Gasteiger partial charge in [0, 0.05) is 5.69 Å². The molecule has 0 saturated heterocycles. The smallest absolute Gasteiger partial charge is 0.271 e. The standard InChI is InChI=1S/C8H7N3O2/c12-4-9-5-1-2-7-6(3-5)8(13)11-10-7/h1-4H,(H,9,12)(H2,10,11,13). The molecule has 66 valence electrons. The van der Waals surface area contributed by atoms with Crippen LogP contribution < -0.4 is 10.9 Å². The van der Waals surface area contributed by atoms with E-state index in [9.17, 15) is 9.59 Å². The van der Waals surface area contributed by atoms with Crippen LogP contribution in [0.25, 0.3) is 10.9 Å². The number of aromatic amines is 2. The summed E-state index contributed by atoms with van der Waals surface area (Å²) >= 11 is 0. The second-order valence-electron chi connectivity index (χ2n) is 2.60. The van der Waals surface area contributed by atoms with Gasteiger partial charge in [-0.2, -0.15) is 0 Å². The Labute approximate surface area is 72.7 Å². The van der Waals surface area contributed by atoms with E-state index in [2.05, 4.69) is 15.5 Å². The number of H-pyrrole nitrogens is 2. The van der Waals surface area contributed by atoms with Crippen LogP contribution in [-0.4, -0.2) is 16.6 Å². The summed E-state index contributed by atoms with van der Waals surface area (Å²) < 4.78 is 0. The first-order valence-electron chi connectivity index (χ1n) is 3.72. The first-order valence-corrected chi connectivity index (χ1v) is 3.72. The van der Waals surface area contributed by atoms with E-state index in [4.69, 9.17) is 0 Å². The van der Waals surface area contributed by atoms with Crippen molar-refractivity contribution in [1.29, 1.82) is 0 Å². The van der Waals surface area contributed by atoms with Crippen LogP contribution >= 0.6 is 0 Å². The van der Waals surface area contributed by atoms with Crippen molar-refractivity contribution in [2.75, 3.05) is 5.32 Å². The largest absolute Gasteiger partial charge is 0.329 e. The summed E-state index contributed by atoms with van der Waals surface area (Å²) in [6.07, 6.45) is 0.571. The molecule has 2 aromatic rings. The minimum Gasteiger partial charge on any atom is -0.329 e. The lowest BCUT2D eigenvalue weighted by atomic mass is 10.2. The summed E-state index contributed by atoms with van der Waals surface area (Å²) in [5, 5.41) is 8.16. The normalized spacial score (nSPS) is 10.2. The van der Waals surface area contributed by atoms with Crippen LogP contribution in [-0.2, 0) is 4.79 Å². The van der Waals surface area contributed by atoms with Crippen molar-refractivity contribution in [3.05, 3.63) is 28.6 Å². The van der Waals surface area contributed by atoms with Crippen molar-refractivity contribution in [1.82, 2.24) is 10.2 Å². The molecule has 1 aromatic carbocycles. The highest BCUT2D eigenvalue weighted by atomic mass is 16.1. The molecule has 0 spiro atoms. The second kappa shape index (κ2) is 2.78. The van der Waals surface area contributed by atoms with Crippen molar-refractivity contribution in [3.63, 3.8) is 0 Å². The number of rotatable bonds is 2. The van der Waals surface area contributed by atoms with Gasteiger partial charge < -0.3 is 5.32 Å². The summed E-state index contributed by atoms with van der Waals surface area (Å²) in [5.74, 6) is 0. The van der Waals surface area contributed by atoms with E-state index >= 15 is 0 Å². The highest BCUT2D eigenvalue weighted by Gasteiger charge is 2.00. The molecule has 5 nitrogen and oxygen atoms in total. The molecule has 13 heavy (non-hydrogen) atoms. The Balaban J connectivity index is 2.65. The van der Waals surface area contributed by atoms with E-state index in [0.29, 0.717) is 17.5 Å². The average molecular weight is 177 g/mol. The van der Waals surface area contributed by atoms with Gasteiger partial charge in [-0.15, -0.1) is 0 Å². The minimum absolute atomic E-state index is 0.190. The molecule has 0 aliphatic heterocycles. The molecule has 0 bridgehead atoms. The van der Waals surface area contributed by atoms with Gasteiger partial charge in [0.05, 0.1) is 10.9 Å². The van der Waals surface area contributed by atoms with E-state index in [-0.39, 0.29) is 5.56 Å². The van der Waals surface area contributed by atoms with Crippen LogP contribution in [0.15, 0.2) is 23.0 Å². The Bertz CT molecular complexity index is 497. The Kier molecular flexibility index (Phi) is 1.63. The predicted octanol–water partition coefficient (Wildman–Crippen LogP) is 0.425. The lowest BCUT2D eigenvalue weighted by Crippen LogP contribution is -1.98. The zero-order valence-electron chi connectivity index (χ0n) is 6.63. The van der Waals surface area contributed by atoms with Crippen molar-refractivity contribution in [2.45, 2.75) is 0 Å². The van der Waals surface area contributed by atoms with Gasteiger partial charge in [-0.05, 0) is 18.2 Å². The number of benzene rings is 1. The van der Waals surface area contributed by atoms with Gasteiger partial charge in [0.15, 0.2) is 0 Å². The van der Waals surface area contributed by atoms with E-state index in [1.807, 2.05) is 0 Å². The molecule has 1 aromatic heterocycles. The first kappa shape index (κ1) is 7.60. The number of hydrogen-bond donors (Lipinski definition) is 3. The molecule has 0 fully saturated rings. The number of fused-ring (bicyclic) bond motifs is 1. The van der Waals surface area contributed by atoms with Gasteiger partial charge >= 0.3 is 0 Å². The first-order chi connectivity index (χ1) is 6.31. The second-order valence-corrected chi connectivity index (χ2v) is 2.60. The number of amides is 1. The molecule has 0 radical (unpaired) electrons. The van der Waals surface area contributed by atoms with Crippen molar-refractivity contribution in [3.8, 4) is 0 Å². The summed E-state index contributed by atoms with van der Waals surface area (Å²) in [6.45, 7) is 0. The molecule has 5 heteroatoms. The molecule has 1 amide bonds. The van der Waals surface area contributed by atoms with E-state index < -0.39 is 0 Å². The van der Waals surface area contributed by atoms with E-state index in [1.54, 1.807) is 18.2 Å². The number of carbonyl (C=O) groups is 1. The average Bonchev–Trinajstić information content (AvgIpc) is 2.49. The number of nitrogens with one attached hydrogen (secondary N) is 3. The number of carbonyl (C=O) groups excluding carboxylic acids is 1. The van der Waals surface area contributed by atoms with E-state index in [1.165, 1.54) is 0 Å². The number of aromatic nitrogens is 2. The van der Waals surface area contributed by atoms with Gasteiger partial charge in [-0.25, -0.2) is 0 Å². The van der Waals surface area contributed by atoms with Crippen LogP contribution in [0.5, 0.6) is 0 Å². The van der Waals surface area contributed by atoms with Crippen molar-refractivity contribution < 1.29 is 4.79 Å². The molecular weight excluding hydrogens is 170 g/mol. The number of hydrogen-bond acceptors (Lipinski definition) is 2. The summed E-state index contributed by atoms with van der Waals surface area (Å²) in [5.41, 5.74) is 1.14. The monoisotopic (exact) mass is 177 g/mol. The van der Waals surface area contributed by atoms with Gasteiger partial charge in [0.2, 0.25) is 6.41 Å². The zero-order chi connectivity index (χ0) is 9.26. The van der Waals surface area contributed by atoms with Crippen LogP contribution in [0, 0.1) is 0 Å². The fourth-order valence-corrected chi connectivity index (χ4v) is 1.19. The third-order valence-electron chi connectivity index (χ3n) is 1.80. The van der Waals surface area contributed by atoms with Gasteiger partial charge in [-0.3, -0.25) is 19.8 Å². The lowest BCUT2D eigenvalue weighted by molar-refractivity contribution is -0.105. The topological polar surface area (TPSA) is 77.8 Å². The quantitative estimate of drug-likeness (QED) is 0.581. The van der Waals surface area contributed by atoms with Crippen LogP contribution in [0.4, 0.5) is 5.69 Å². The number of anilines is 1. The molecule has 3 N–H and O–H groups in total. The van der Waals surface area contributed by atoms with E-state index in [0.717, 1.165) is 5.52 Å². The lowest BCUT2D eigenvalue weighted by Gasteiger charge is -1.95. The van der Waals surface area contributed by atoms with Crippen LogP contribution in [0.3, 0.4) is 0 Å². The Morgan fingerprint density at radius 2 is 2.15 bits per heavy atom. The molecule has 0 atom stereocenters. The maximum Gasteiger partial charge on any atom is 0.271 e. The Morgan fingerprint density at radius 3 is 2.92 bits per heavy atom.